The number of nitrogens with zero attached hydrogens (tertiary/aromatic N) is 1. The second-order valence-corrected chi connectivity index (χ2v) is 4.07. The first-order valence-corrected chi connectivity index (χ1v) is 4.93. The van der Waals surface area contributed by atoms with Crippen LogP contribution in [0.25, 0.3) is 10.9 Å². The molecule has 0 aliphatic carbocycles. The van der Waals surface area contributed by atoms with E-state index in [1.807, 2.05) is 12.3 Å². The Bertz CT molecular complexity index is 396. The molecule has 0 saturated carbocycles. The van der Waals surface area contributed by atoms with Crippen LogP contribution in [-0.2, 0) is 0 Å². The van der Waals surface area contributed by atoms with Gasteiger partial charge < -0.3 is 4.98 Å². The van der Waals surface area contributed by atoms with Crippen LogP contribution in [-0.4, -0.2) is 9.97 Å². The third-order valence-corrected chi connectivity index (χ3v) is 3.00. The maximum atomic E-state index is 4.10. The standard InChI is InChI=1S/C7H4BrIN2/c8-7-6-4(1-2-10-7)5(9)3-11-6/h1-3,11H. The third-order valence-electron chi connectivity index (χ3n) is 1.51. The summed E-state index contributed by atoms with van der Waals surface area (Å²) in [5, 5.41) is 1.22. The van der Waals surface area contributed by atoms with Crippen LogP contribution in [0.4, 0.5) is 0 Å². The van der Waals surface area contributed by atoms with Crippen LogP contribution in [0.15, 0.2) is 23.1 Å². The van der Waals surface area contributed by atoms with E-state index in [1.54, 1.807) is 6.20 Å². The minimum Gasteiger partial charge on any atom is -0.358 e. The van der Waals surface area contributed by atoms with Crippen molar-refractivity contribution in [2.75, 3.05) is 0 Å². The van der Waals surface area contributed by atoms with Crippen molar-refractivity contribution in [2.24, 2.45) is 0 Å². The van der Waals surface area contributed by atoms with Gasteiger partial charge in [0.25, 0.3) is 0 Å². The molecule has 0 fully saturated rings. The largest absolute Gasteiger partial charge is 0.358 e. The van der Waals surface area contributed by atoms with Crippen molar-refractivity contribution in [1.29, 1.82) is 0 Å². The summed E-state index contributed by atoms with van der Waals surface area (Å²) < 4.78 is 2.10. The van der Waals surface area contributed by atoms with Crippen molar-refractivity contribution in [2.45, 2.75) is 0 Å². The van der Waals surface area contributed by atoms with Gasteiger partial charge in [-0.25, -0.2) is 4.98 Å². The summed E-state index contributed by atoms with van der Waals surface area (Å²) in [6, 6.07) is 2.00. The lowest BCUT2D eigenvalue weighted by Crippen LogP contribution is -1.75. The quantitative estimate of drug-likeness (QED) is 0.586. The molecule has 0 amide bonds. The Labute approximate surface area is 85.7 Å². The Morgan fingerprint density at radius 1 is 1.55 bits per heavy atom. The molecule has 4 heteroatoms. The first-order chi connectivity index (χ1) is 5.29. The molecular weight excluding hydrogens is 319 g/mol. The Morgan fingerprint density at radius 3 is 3.09 bits per heavy atom. The van der Waals surface area contributed by atoms with Gasteiger partial charge in [0.05, 0.1) is 5.52 Å². The van der Waals surface area contributed by atoms with Crippen LogP contribution in [0.1, 0.15) is 0 Å². The number of H-pyrrole nitrogens is 1. The summed E-state index contributed by atoms with van der Waals surface area (Å²) in [7, 11) is 0. The van der Waals surface area contributed by atoms with Crippen molar-refractivity contribution in [3.05, 3.63) is 26.6 Å². The van der Waals surface area contributed by atoms with Crippen molar-refractivity contribution < 1.29 is 0 Å². The van der Waals surface area contributed by atoms with Crippen molar-refractivity contribution in [3.8, 4) is 0 Å². The summed E-state index contributed by atoms with van der Waals surface area (Å²) in [5.74, 6) is 0. The lowest BCUT2D eigenvalue weighted by molar-refractivity contribution is 1.29. The number of fused-ring (bicyclic) bond motifs is 1. The van der Waals surface area contributed by atoms with E-state index in [4.69, 9.17) is 0 Å². The molecule has 0 radical (unpaired) electrons. The summed E-state index contributed by atoms with van der Waals surface area (Å²) >= 11 is 5.65. The number of hydrogen-bond acceptors (Lipinski definition) is 1. The SMILES string of the molecule is Brc1nccc2c(I)c[nH]c12. The minimum absolute atomic E-state index is 0.873. The van der Waals surface area contributed by atoms with Gasteiger partial charge in [-0.15, -0.1) is 0 Å². The molecular formula is C7H4BrIN2. The van der Waals surface area contributed by atoms with Gasteiger partial charge in [-0.05, 0) is 44.6 Å². The van der Waals surface area contributed by atoms with Crippen molar-refractivity contribution in [1.82, 2.24) is 9.97 Å². The van der Waals surface area contributed by atoms with Crippen molar-refractivity contribution >= 4 is 49.4 Å². The van der Waals surface area contributed by atoms with E-state index in [-0.39, 0.29) is 0 Å². The smallest absolute Gasteiger partial charge is 0.130 e. The maximum absolute atomic E-state index is 4.10. The molecule has 0 aliphatic heterocycles. The van der Waals surface area contributed by atoms with Gasteiger partial charge in [0.1, 0.15) is 4.60 Å². The molecule has 0 aromatic carbocycles. The van der Waals surface area contributed by atoms with Gasteiger partial charge >= 0.3 is 0 Å². The second-order valence-electron chi connectivity index (χ2n) is 2.16. The van der Waals surface area contributed by atoms with E-state index in [0.717, 1.165) is 10.1 Å². The van der Waals surface area contributed by atoms with Gasteiger partial charge in [0, 0.05) is 21.4 Å². The summed E-state index contributed by atoms with van der Waals surface area (Å²) in [6.07, 6.45) is 3.76. The molecule has 2 heterocycles. The Balaban J connectivity index is 2.94. The van der Waals surface area contributed by atoms with Gasteiger partial charge in [0.15, 0.2) is 0 Å². The fourth-order valence-corrected chi connectivity index (χ4v) is 2.04. The van der Waals surface area contributed by atoms with Gasteiger partial charge in [0.2, 0.25) is 0 Å². The summed E-state index contributed by atoms with van der Waals surface area (Å²) in [5.41, 5.74) is 1.07. The number of hydrogen-bond donors (Lipinski definition) is 1. The number of pyridine rings is 1. The molecule has 2 aromatic heterocycles. The Kier molecular flexibility index (Phi) is 1.88. The molecule has 0 atom stereocenters. The van der Waals surface area contributed by atoms with Crippen LogP contribution in [0.2, 0.25) is 0 Å². The number of rotatable bonds is 0. The Morgan fingerprint density at radius 2 is 2.36 bits per heavy atom. The molecule has 0 spiro atoms. The highest BCUT2D eigenvalue weighted by atomic mass is 127. The van der Waals surface area contributed by atoms with Gasteiger partial charge in [-0.1, -0.05) is 0 Å². The van der Waals surface area contributed by atoms with E-state index in [0.29, 0.717) is 0 Å². The topological polar surface area (TPSA) is 28.7 Å². The number of halogens is 2. The predicted molar refractivity (Wildman–Crippen MR) is 56.5 cm³/mol. The maximum Gasteiger partial charge on any atom is 0.130 e. The normalized spacial score (nSPS) is 10.7. The van der Waals surface area contributed by atoms with Crippen molar-refractivity contribution in [3.63, 3.8) is 0 Å². The molecule has 0 aliphatic rings. The van der Waals surface area contributed by atoms with Crippen LogP contribution in [0.5, 0.6) is 0 Å². The highest BCUT2D eigenvalue weighted by Crippen LogP contribution is 2.24. The molecule has 0 bridgehead atoms. The number of nitrogens with one attached hydrogen (secondary N) is 1. The molecule has 0 unspecified atom stereocenters. The molecule has 2 aromatic rings. The number of aromatic amines is 1. The zero-order valence-electron chi connectivity index (χ0n) is 5.44. The molecule has 56 valence electrons. The molecule has 11 heavy (non-hydrogen) atoms. The van der Waals surface area contributed by atoms with Crippen LogP contribution >= 0.6 is 38.5 Å². The lowest BCUT2D eigenvalue weighted by Gasteiger charge is -1.91. The number of aromatic nitrogens is 2. The van der Waals surface area contributed by atoms with E-state index in [2.05, 4.69) is 48.5 Å². The monoisotopic (exact) mass is 322 g/mol. The molecule has 1 N–H and O–H groups in total. The lowest BCUT2D eigenvalue weighted by atomic mass is 10.3. The van der Waals surface area contributed by atoms with Gasteiger partial charge in [-0.3, -0.25) is 0 Å². The van der Waals surface area contributed by atoms with Crippen LogP contribution in [0.3, 0.4) is 0 Å². The highest BCUT2D eigenvalue weighted by molar-refractivity contribution is 14.1. The van der Waals surface area contributed by atoms with Gasteiger partial charge in [-0.2, -0.15) is 0 Å². The van der Waals surface area contributed by atoms with E-state index >= 15 is 0 Å². The average molecular weight is 323 g/mol. The highest BCUT2D eigenvalue weighted by Gasteiger charge is 2.02. The molecule has 0 saturated heterocycles. The fraction of sp³-hybridized carbons (Fsp3) is 0. The minimum atomic E-state index is 0.873. The van der Waals surface area contributed by atoms with E-state index < -0.39 is 0 Å². The third kappa shape index (κ3) is 1.18. The zero-order chi connectivity index (χ0) is 7.84. The van der Waals surface area contributed by atoms with E-state index in [1.165, 1.54) is 8.96 Å². The van der Waals surface area contributed by atoms with Crippen LogP contribution in [0, 0.1) is 3.57 Å². The second kappa shape index (κ2) is 2.75. The van der Waals surface area contributed by atoms with E-state index in [9.17, 15) is 0 Å². The fourth-order valence-electron chi connectivity index (χ4n) is 0.986. The first-order valence-electron chi connectivity index (χ1n) is 3.06. The summed E-state index contributed by atoms with van der Waals surface area (Å²) in [4.78, 5) is 7.24. The average Bonchev–Trinajstić information content (AvgIpc) is 2.35. The molecule has 2 nitrogen and oxygen atoms in total. The molecule has 2 rings (SSSR count). The Hall–Kier alpha value is -0.100. The predicted octanol–water partition coefficient (Wildman–Crippen LogP) is 2.93. The zero-order valence-corrected chi connectivity index (χ0v) is 9.18. The van der Waals surface area contributed by atoms with Crippen LogP contribution < -0.4 is 0 Å². The first kappa shape index (κ1) is 7.54. The summed E-state index contributed by atoms with van der Waals surface area (Å²) in [6.45, 7) is 0.